The zero-order chi connectivity index (χ0) is 39.0. The van der Waals surface area contributed by atoms with Crippen molar-refractivity contribution < 1.29 is 29.2 Å². The van der Waals surface area contributed by atoms with Gasteiger partial charge in [-0.25, -0.2) is 14.6 Å². The Bertz CT molecular complexity index is 1950. The summed E-state index contributed by atoms with van der Waals surface area (Å²) in [6, 6.07) is 18.1. The number of nitrogen functional groups attached to an aromatic ring is 1. The number of likely N-dealkylation sites (N-methyl/N-ethyl adjacent to an activating group) is 1. The number of benzene rings is 2. The Labute approximate surface area is 308 Å². The minimum absolute atomic E-state index is 0.0708. The minimum Gasteiger partial charge on any atom is -0.478 e. The van der Waals surface area contributed by atoms with Crippen molar-refractivity contribution in [1.29, 1.82) is 0 Å². The molecule has 1 saturated heterocycles. The Morgan fingerprint density at radius 3 is 2.04 bits per heavy atom. The number of aromatic carboxylic acids is 1. The normalized spacial score (nSPS) is 13.8. The second-order valence-corrected chi connectivity index (χ2v) is 13.7. The third-order valence-corrected chi connectivity index (χ3v) is 8.27. The summed E-state index contributed by atoms with van der Waals surface area (Å²) in [5.41, 5.74) is 8.53. The van der Waals surface area contributed by atoms with Gasteiger partial charge in [0.1, 0.15) is 22.5 Å². The molecule has 15 heteroatoms. The highest BCUT2D eigenvalue weighted by Gasteiger charge is 2.36. The van der Waals surface area contributed by atoms with Crippen molar-refractivity contribution in [2.45, 2.75) is 58.7 Å². The average Bonchev–Trinajstić information content (AvgIpc) is 3.61. The predicted molar refractivity (Wildman–Crippen MR) is 204 cm³/mol. The number of nitrogens with one attached hydrogen (secondary N) is 2. The fourth-order valence-electron chi connectivity index (χ4n) is 5.76. The van der Waals surface area contributed by atoms with E-state index in [4.69, 9.17) is 10.5 Å². The van der Waals surface area contributed by atoms with Crippen LogP contribution in [0.5, 0.6) is 0 Å². The van der Waals surface area contributed by atoms with E-state index in [1.807, 2.05) is 50.2 Å². The van der Waals surface area contributed by atoms with Gasteiger partial charge in [0.2, 0.25) is 0 Å². The lowest BCUT2D eigenvalue weighted by molar-refractivity contribution is -0.383. The van der Waals surface area contributed by atoms with Crippen molar-refractivity contribution in [1.82, 2.24) is 19.8 Å². The van der Waals surface area contributed by atoms with E-state index < -0.39 is 22.6 Å². The van der Waals surface area contributed by atoms with E-state index >= 15 is 0 Å². The number of carboxylic acid groups (broad SMARTS) is 1. The van der Waals surface area contributed by atoms with Gasteiger partial charge >= 0.3 is 17.7 Å². The van der Waals surface area contributed by atoms with Crippen LogP contribution in [-0.2, 0) is 4.74 Å². The lowest BCUT2D eigenvalue weighted by Gasteiger charge is -2.28. The van der Waals surface area contributed by atoms with Crippen LogP contribution in [0.3, 0.4) is 0 Å². The molecule has 1 fully saturated rings. The average molecular weight is 727 g/mol. The largest absolute Gasteiger partial charge is 0.478 e. The lowest BCUT2D eigenvalue weighted by atomic mass is 10.1. The number of rotatable bonds is 9. The van der Waals surface area contributed by atoms with Gasteiger partial charge in [0.15, 0.2) is 0 Å². The summed E-state index contributed by atoms with van der Waals surface area (Å²) < 4.78 is 5.41. The van der Waals surface area contributed by atoms with Gasteiger partial charge < -0.3 is 36.0 Å². The van der Waals surface area contributed by atoms with Gasteiger partial charge in [0.05, 0.1) is 33.6 Å². The summed E-state index contributed by atoms with van der Waals surface area (Å²) in [7, 11) is 3.18. The monoisotopic (exact) mass is 726 g/mol. The Balaban J connectivity index is 0.000000267. The van der Waals surface area contributed by atoms with Crippen molar-refractivity contribution in [3.05, 3.63) is 94.3 Å². The molecule has 5 N–H and O–H groups in total. The van der Waals surface area contributed by atoms with Crippen molar-refractivity contribution in [2.24, 2.45) is 0 Å². The number of carboxylic acids is 1. The fraction of sp³-hybridized carbons (Fsp3) is 0.342. The highest BCUT2D eigenvalue weighted by atomic mass is 16.6. The zero-order valence-electron chi connectivity index (χ0n) is 30.9. The molecule has 0 radical (unpaired) electrons. The number of nitrogens with two attached hydrogens (primary N) is 1. The number of amides is 2. The molecule has 0 spiro atoms. The van der Waals surface area contributed by atoms with Crippen LogP contribution >= 0.6 is 0 Å². The number of ether oxygens (including phenoxy) is 1. The van der Waals surface area contributed by atoms with Crippen LogP contribution < -0.4 is 16.4 Å². The van der Waals surface area contributed by atoms with E-state index in [2.05, 4.69) is 20.6 Å². The first kappa shape index (κ1) is 39.5. The number of carbonyl (C=O) groups excluding carboxylic acids is 2. The van der Waals surface area contributed by atoms with Gasteiger partial charge in [-0.3, -0.25) is 19.9 Å². The van der Waals surface area contributed by atoms with E-state index in [9.17, 15) is 29.6 Å². The lowest BCUT2D eigenvalue weighted by Crippen LogP contribution is -2.42. The van der Waals surface area contributed by atoms with Gasteiger partial charge in [-0.05, 0) is 41.0 Å². The molecule has 1 atom stereocenters. The van der Waals surface area contributed by atoms with Crippen LogP contribution in [0.4, 0.5) is 27.5 Å². The summed E-state index contributed by atoms with van der Waals surface area (Å²) in [4.78, 5) is 59.9. The molecule has 1 aliphatic rings. The second-order valence-electron chi connectivity index (χ2n) is 13.7. The molecule has 0 aliphatic carbocycles. The van der Waals surface area contributed by atoms with Crippen molar-refractivity contribution in [3.8, 4) is 22.5 Å². The number of nitro groups is 1. The number of hydrogen-bond acceptors (Lipinski definition) is 11. The summed E-state index contributed by atoms with van der Waals surface area (Å²) >= 11 is 0. The number of aromatic nitrogens is 2. The number of nitrogens with zero attached hydrogens (tertiary/aromatic N) is 5. The molecule has 3 heterocycles. The molecule has 53 heavy (non-hydrogen) atoms. The smallest absolute Gasteiger partial charge is 0.410 e. The molecule has 1 aliphatic heterocycles. The van der Waals surface area contributed by atoms with Crippen molar-refractivity contribution in [3.63, 3.8) is 0 Å². The van der Waals surface area contributed by atoms with Gasteiger partial charge in [0.25, 0.3) is 5.91 Å². The first-order valence-corrected chi connectivity index (χ1v) is 17.0. The maximum atomic E-state index is 13.3. The van der Waals surface area contributed by atoms with Gasteiger partial charge in [-0.2, -0.15) is 0 Å². The first-order chi connectivity index (χ1) is 25.0. The molecule has 15 nitrogen and oxygen atoms in total. The highest BCUT2D eigenvalue weighted by Crippen LogP contribution is 2.38. The maximum Gasteiger partial charge on any atom is 0.410 e. The molecule has 5 rings (SSSR count). The Morgan fingerprint density at radius 2 is 1.53 bits per heavy atom. The summed E-state index contributed by atoms with van der Waals surface area (Å²) in [6.07, 6.45) is 2.83. The van der Waals surface area contributed by atoms with E-state index in [-0.39, 0.29) is 46.2 Å². The number of anilines is 3. The molecular weight excluding hydrogens is 680 g/mol. The molecule has 0 bridgehead atoms. The van der Waals surface area contributed by atoms with Gasteiger partial charge in [-0.15, -0.1) is 0 Å². The Hall–Kier alpha value is -6.25. The number of hydrogen-bond donors (Lipinski definition) is 4. The Kier molecular flexibility index (Phi) is 12.6. The summed E-state index contributed by atoms with van der Waals surface area (Å²) in [5.74, 6) is -1.43. The number of pyridine rings is 2. The molecule has 2 aromatic heterocycles. The van der Waals surface area contributed by atoms with Crippen LogP contribution in [0.2, 0.25) is 0 Å². The molecule has 0 saturated carbocycles. The third-order valence-electron chi connectivity index (χ3n) is 8.27. The van der Waals surface area contributed by atoms with Gasteiger partial charge in [0, 0.05) is 56.7 Å². The van der Waals surface area contributed by atoms with Gasteiger partial charge in [-0.1, -0.05) is 60.7 Å². The Morgan fingerprint density at radius 1 is 0.981 bits per heavy atom. The SMILES string of the molecule is CC(C)Nc1c(C(=O)O)cnc(-c2ccccc2)c1N.CNc1c(C(=O)N2CCC(N(C)C(=O)OC(C)(C)C)C2)cnc(-c2ccccc2)c1[N+](=O)[O-]. The third kappa shape index (κ3) is 9.55. The van der Waals surface area contributed by atoms with E-state index in [1.165, 1.54) is 24.3 Å². The van der Waals surface area contributed by atoms with E-state index in [0.717, 1.165) is 5.56 Å². The van der Waals surface area contributed by atoms with Crippen LogP contribution in [-0.4, -0.2) is 92.6 Å². The van der Waals surface area contributed by atoms with Crippen LogP contribution in [0.25, 0.3) is 22.5 Å². The first-order valence-electron chi connectivity index (χ1n) is 17.0. The maximum absolute atomic E-state index is 13.3. The standard InChI is InChI=1S/C23H29N5O5.C15H17N3O2/c1-23(2,3)33-22(30)26(5)16-11-12-27(14-16)21(29)17-13-25-18(15-9-7-6-8-10-15)20(28(31)32)19(17)24-4;1-9(2)18-14-11(15(19)20)8-17-13(12(14)16)10-6-4-3-5-7-10/h6-10,13,16H,11-12,14H2,1-5H3,(H,24,25);3-9H,16H2,1-2H3,(H,17,18)(H,19,20). The predicted octanol–water partition coefficient (Wildman–Crippen LogP) is 6.63. The van der Waals surface area contributed by atoms with Crippen LogP contribution in [0.1, 0.15) is 61.8 Å². The summed E-state index contributed by atoms with van der Waals surface area (Å²) in [6.45, 7) is 9.94. The van der Waals surface area contributed by atoms with Crippen molar-refractivity contribution >= 4 is 40.7 Å². The topological polar surface area (TPSA) is 206 Å². The molecule has 2 amide bonds. The number of likely N-dealkylation sites (tertiary alicyclic amines) is 1. The minimum atomic E-state index is -1.05. The molecule has 2 aromatic carbocycles. The number of carbonyl (C=O) groups is 3. The quantitative estimate of drug-likeness (QED) is 0.106. The van der Waals surface area contributed by atoms with Crippen LogP contribution in [0.15, 0.2) is 73.1 Å². The van der Waals surface area contributed by atoms with Crippen molar-refractivity contribution in [2.75, 3.05) is 43.6 Å². The molecule has 4 aromatic rings. The zero-order valence-corrected chi connectivity index (χ0v) is 30.9. The van der Waals surface area contributed by atoms with E-state index in [0.29, 0.717) is 42.1 Å². The van der Waals surface area contributed by atoms with Crippen LogP contribution in [0, 0.1) is 10.1 Å². The second kappa shape index (κ2) is 16.8. The highest BCUT2D eigenvalue weighted by molar-refractivity contribution is 6.03. The molecular formula is C38H46N8O7. The summed E-state index contributed by atoms with van der Waals surface area (Å²) in [5, 5.41) is 27.1. The fourth-order valence-corrected chi connectivity index (χ4v) is 5.76. The molecule has 1 unspecified atom stereocenters. The van der Waals surface area contributed by atoms with E-state index in [1.54, 1.807) is 57.0 Å². The molecule has 280 valence electrons.